The predicted octanol–water partition coefficient (Wildman–Crippen LogP) is 0.580. The number of nitrogens with zero attached hydrogens (tertiary/aromatic N) is 6. The normalized spacial score (nSPS) is 11.4. The molecule has 0 aliphatic heterocycles. The number of aromatic nitrogens is 4. The summed E-state index contributed by atoms with van der Waals surface area (Å²) >= 11 is 0. The molecule has 1 aromatic heterocycles. The molecule has 9 heteroatoms. The number of carbonyl (C=O) groups is 2. The highest BCUT2D eigenvalue weighted by atomic mass is 16.5. The third-order valence-corrected chi connectivity index (χ3v) is 3.28. The van der Waals surface area contributed by atoms with Crippen molar-refractivity contribution < 1.29 is 14.3 Å². The van der Waals surface area contributed by atoms with E-state index in [0.717, 1.165) is 0 Å². The number of tetrazole rings is 1. The topological polar surface area (TPSA) is 114 Å². The highest BCUT2D eigenvalue weighted by molar-refractivity contribution is 5.92. The van der Waals surface area contributed by atoms with Gasteiger partial charge in [-0.15, -0.1) is 5.10 Å². The molecule has 9 nitrogen and oxygen atoms in total. The average molecular weight is 328 g/mol. The van der Waals surface area contributed by atoms with Crippen LogP contribution in [0.5, 0.6) is 0 Å². The third kappa shape index (κ3) is 4.13. The molecule has 1 aromatic carbocycles. The second kappa shape index (κ2) is 7.82. The minimum absolute atomic E-state index is 0.224. The van der Waals surface area contributed by atoms with Crippen LogP contribution in [0.3, 0.4) is 0 Å². The molecule has 0 bridgehead atoms. The fourth-order valence-electron chi connectivity index (χ4n) is 1.95. The van der Waals surface area contributed by atoms with Gasteiger partial charge in [-0.3, -0.25) is 4.79 Å². The van der Waals surface area contributed by atoms with E-state index >= 15 is 0 Å². The SMILES string of the molecule is C[C@H](OC(=O)c1ccc(-n2cnnn2)cc1)C(=O)N(C)CCC#N. The largest absolute Gasteiger partial charge is 0.449 e. The lowest BCUT2D eigenvalue weighted by atomic mass is 10.2. The fourth-order valence-corrected chi connectivity index (χ4v) is 1.95. The Morgan fingerprint density at radius 3 is 2.67 bits per heavy atom. The number of likely N-dealkylation sites (N-methyl/N-ethyl adjacent to an activating group) is 1. The molecule has 1 amide bonds. The first-order valence-corrected chi connectivity index (χ1v) is 7.19. The van der Waals surface area contributed by atoms with Gasteiger partial charge < -0.3 is 9.64 Å². The van der Waals surface area contributed by atoms with E-state index in [0.29, 0.717) is 11.3 Å². The fraction of sp³-hybridized carbons (Fsp3) is 0.333. The molecule has 0 saturated heterocycles. The quantitative estimate of drug-likeness (QED) is 0.712. The van der Waals surface area contributed by atoms with E-state index in [4.69, 9.17) is 10.00 Å². The molecule has 24 heavy (non-hydrogen) atoms. The maximum atomic E-state index is 12.1. The van der Waals surface area contributed by atoms with Crippen LogP contribution in [0.4, 0.5) is 0 Å². The zero-order chi connectivity index (χ0) is 17.5. The van der Waals surface area contributed by atoms with Gasteiger partial charge in [0, 0.05) is 13.6 Å². The smallest absolute Gasteiger partial charge is 0.338 e. The van der Waals surface area contributed by atoms with Gasteiger partial charge >= 0.3 is 5.97 Å². The monoisotopic (exact) mass is 328 g/mol. The maximum Gasteiger partial charge on any atom is 0.338 e. The van der Waals surface area contributed by atoms with Gasteiger partial charge in [0.05, 0.1) is 23.7 Å². The number of amides is 1. The molecule has 0 spiro atoms. The number of carbonyl (C=O) groups excluding carboxylic acids is 2. The van der Waals surface area contributed by atoms with Gasteiger partial charge in [-0.05, 0) is 41.6 Å². The van der Waals surface area contributed by atoms with Gasteiger partial charge in [0.25, 0.3) is 5.91 Å². The van der Waals surface area contributed by atoms with Gasteiger partial charge in [-0.1, -0.05) is 0 Å². The highest BCUT2D eigenvalue weighted by Crippen LogP contribution is 2.10. The summed E-state index contributed by atoms with van der Waals surface area (Å²) in [6.07, 6.45) is 0.729. The molecule has 1 atom stereocenters. The van der Waals surface area contributed by atoms with Crippen LogP contribution in [-0.2, 0) is 9.53 Å². The maximum absolute atomic E-state index is 12.1. The number of ether oxygens (including phenoxy) is 1. The summed E-state index contributed by atoms with van der Waals surface area (Å²) in [6.45, 7) is 1.79. The first kappa shape index (κ1) is 17.1. The minimum Gasteiger partial charge on any atom is -0.449 e. The zero-order valence-corrected chi connectivity index (χ0v) is 13.3. The third-order valence-electron chi connectivity index (χ3n) is 3.28. The lowest BCUT2D eigenvalue weighted by Gasteiger charge is -2.20. The summed E-state index contributed by atoms with van der Waals surface area (Å²) in [7, 11) is 1.56. The molecule has 0 N–H and O–H groups in total. The van der Waals surface area contributed by atoms with Gasteiger partial charge in [0.2, 0.25) is 0 Å². The van der Waals surface area contributed by atoms with Crippen LogP contribution in [0, 0.1) is 11.3 Å². The van der Waals surface area contributed by atoms with Crippen molar-refractivity contribution in [3.8, 4) is 11.8 Å². The molecule has 0 radical (unpaired) electrons. The Labute approximate surface area is 138 Å². The molecule has 124 valence electrons. The number of hydrogen-bond acceptors (Lipinski definition) is 7. The van der Waals surface area contributed by atoms with E-state index in [1.165, 1.54) is 22.8 Å². The Kier molecular flexibility index (Phi) is 5.57. The van der Waals surface area contributed by atoms with Gasteiger partial charge in [0.1, 0.15) is 6.33 Å². The number of hydrogen-bond donors (Lipinski definition) is 0. The molecular weight excluding hydrogens is 312 g/mol. The standard InChI is InChI=1S/C15H16N6O3/c1-11(14(22)20(2)9-3-8-16)24-15(23)12-4-6-13(7-5-12)21-10-17-18-19-21/h4-7,10-11H,3,9H2,1-2H3/t11-/m0/s1. The molecule has 0 unspecified atom stereocenters. The van der Waals surface area contributed by atoms with Crippen molar-refractivity contribution in [2.24, 2.45) is 0 Å². The van der Waals surface area contributed by atoms with Crippen molar-refractivity contribution in [2.75, 3.05) is 13.6 Å². The number of rotatable bonds is 6. The first-order valence-electron chi connectivity index (χ1n) is 7.19. The Hall–Kier alpha value is -3.28. The van der Waals surface area contributed by atoms with Crippen LogP contribution in [0.25, 0.3) is 5.69 Å². The first-order chi connectivity index (χ1) is 11.5. The van der Waals surface area contributed by atoms with Crippen LogP contribution in [0.1, 0.15) is 23.7 Å². The molecular formula is C15H16N6O3. The van der Waals surface area contributed by atoms with Crippen molar-refractivity contribution in [1.29, 1.82) is 5.26 Å². The van der Waals surface area contributed by atoms with Gasteiger partial charge in [-0.25, -0.2) is 9.48 Å². The van der Waals surface area contributed by atoms with Gasteiger partial charge in [0.15, 0.2) is 6.10 Å². The van der Waals surface area contributed by atoms with Crippen LogP contribution in [-0.4, -0.2) is 56.7 Å². The Bertz CT molecular complexity index is 736. The van der Waals surface area contributed by atoms with E-state index in [-0.39, 0.29) is 18.9 Å². The second-order valence-electron chi connectivity index (χ2n) is 5.02. The Morgan fingerprint density at radius 1 is 1.38 bits per heavy atom. The zero-order valence-electron chi connectivity index (χ0n) is 13.3. The van der Waals surface area contributed by atoms with Crippen LogP contribution in [0.2, 0.25) is 0 Å². The lowest BCUT2D eigenvalue weighted by molar-refractivity contribution is -0.138. The van der Waals surface area contributed by atoms with Crippen LogP contribution < -0.4 is 0 Å². The van der Waals surface area contributed by atoms with E-state index in [1.54, 1.807) is 31.3 Å². The molecule has 0 aliphatic carbocycles. The summed E-state index contributed by atoms with van der Waals surface area (Å²) in [5.41, 5.74) is 1.00. The summed E-state index contributed by atoms with van der Waals surface area (Å²) in [5, 5.41) is 19.3. The second-order valence-corrected chi connectivity index (χ2v) is 5.02. The predicted molar refractivity (Wildman–Crippen MR) is 81.9 cm³/mol. The van der Waals surface area contributed by atoms with Crippen molar-refractivity contribution in [2.45, 2.75) is 19.4 Å². The summed E-state index contributed by atoms with van der Waals surface area (Å²) in [6, 6.07) is 8.42. The van der Waals surface area contributed by atoms with E-state index in [2.05, 4.69) is 15.5 Å². The molecule has 0 fully saturated rings. The minimum atomic E-state index is -0.930. The van der Waals surface area contributed by atoms with Gasteiger partial charge in [-0.2, -0.15) is 5.26 Å². The Morgan fingerprint density at radius 2 is 2.08 bits per heavy atom. The molecule has 0 aliphatic rings. The van der Waals surface area contributed by atoms with Crippen LogP contribution >= 0.6 is 0 Å². The average Bonchev–Trinajstić information content (AvgIpc) is 3.13. The van der Waals surface area contributed by atoms with E-state index in [9.17, 15) is 9.59 Å². The molecule has 2 rings (SSSR count). The molecule has 0 saturated carbocycles. The van der Waals surface area contributed by atoms with E-state index < -0.39 is 12.1 Å². The summed E-state index contributed by atoms with van der Waals surface area (Å²) in [4.78, 5) is 25.5. The van der Waals surface area contributed by atoms with Crippen molar-refractivity contribution in [1.82, 2.24) is 25.1 Å². The molecule has 1 heterocycles. The summed E-state index contributed by atoms with van der Waals surface area (Å²) < 4.78 is 6.62. The number of esters is 1. The number of benzene rings is 1. The van der Waals surface area contributed by atoms with Crippen molar-refractivity contribution >= 4 is 11.9 Å². The highest BCUT2D eigenvalue weighted by Gasteiger charge is 2.22. The van der Waals surface area contributed by atoms with Crippen molar-refractivity contribution in [3.63, 3.8) is 0 Å². The lowest BCUT2D eigenvalue weighted by Crippen LogP contribution is -2.37. The Balaban J connectivity index is 1.96. The van der Waals surface area contributed by atoms with Crippen molar-refractivity contribution in [3.05, 3.63) is 36.2 Å². The summed E-state index contributed by atoms with van der Waals surface area (Å²) in [5.74, 6) is -0.961. The molecule has 2 aromatic rings. The van der Waals surface area contributed by atoms with Crippen LogP contribution in [0.15, 0.2) is 30.6 Å². The number of nitriles is 1. The van der Waals surface area contributed by atoms with E-state index in [1.807, 2.05) is 6.07 Å².